The molecule has 0 amide bonds. The third-order valence-corrected chi connectivity index (χ3v) is 3.93. The highest BCUT2D eigenvalue weighted by molar-refractivity contribution is 6.30. The van der Waals surface area contributed by atoms with Crippen molar-refractivity contribution in [1.29, 1.82) is 0 Å². The van der Waals surface area contributed by atoms with Crippen LogP contribution in [-0.2, 0) is 6.54 Å². The number of aromatic hydroxyl groups is 1. The van der Waals surface area contributed by atoms with Gasteiger partial charge in [-0.15, -0.1) is 12.4 Å². The molecule has 0 radical (unpaired) electrons. The predicted molar refractivity (Wildman–Crippen MR) is 102 cm³/mol. The highest BCUT2D eigenvalue weighted by atomic mass is 35.5. The summed E-state index contributed by atoms with van der Waals surface area (Å²) in [6.45, 7) is 2.67. The quantitative estimate of drug-likeness (QED) is 0.728. The van der Waals surface area contributed by atoms with Crippen molar-refractivity contribution >= 4 is 35.2 Å². The van der Waals surface area contributed by atoms with Crippen molar-refractivity contribution in [2.45, 2.75) is 13.5 Å². The molecule has 1 aromatic carbocycles. The van der Waals surface area contributed by atoms with Crippen LogP contribution >= 0.6 is 24.0 Å². The minimum Gasteiger partial charge on any atom is -0.502 e. The molecule has 3 aromatic rings. The van der Waals surface area contributed by atoms with Gasteiger partial charge in [0.1, 0.15) is 5.69 Å². The number of aromatic nitrogens is 2. The van der Waals surface area contributed by atoms with E-state index in [9.17, 15) is 14.7 Å². The summed E-state index contributed by atoms with van der Waals surface area (Å²) in [4.78, 5) is 24.8. The second-order valence-corrected chi connectivity index (χ2v) is 5.80. The molecule has 0 unspecified atom stereocenters. The van der Waals surface area contributed by atoms with Crippen molar-refractivity contribution in [3.63, 3.8) is 0 Å². The van der Waals surface area contributed by atoms with Gasteiger partial charge < -0.3 is 19.4 Å². The van der Waals surface area contributed by atoms with Crippen molar-refractivity contribution in [2.75, 3.05) is 11.9 Å². The number of hydrogen-bond acceptors (Lipinski definition) is 4. The van der Waals surface area contributed by atoms with Gasteiger partial charge in [0.05, 0.1) is 6.54 Å². The van der Waals surface area contributed by atoms with Gasteiger partial charge >= 0.3 is 0 Å². The molecule has 0 aliphatic rings. The van der Waals surface area contributed by atoms with Gasteiger partial charge in [0, 0.05) is 30.2 Å². The minimum atomic E-state index is -0.588. The Balaban J connectivity index is 0.00000225. The molecule has 2 heterocycles. The van der Waals surface area contributed by atoms with E-state index in [1.807, 2.05) is 13.0 Å². The number of rotatable bonds is 4. The first-order valence-electron chi connectivity index (χ1n) is 7.47. The number of fused-ring (bicyclic) bond motifs is 1. The molecule has 6 nitrogen and oxygen atoms in total. The molecule has 2 N–H and O–H groups in total. The lowest BCUT2D eigenvalue weighted by atomic mass is 10.2. The maximum atomic E-state index is 12.6. The Bertz CT molecular complexity index is 1030. The Kier molecular flexibility index (Phi) is 5.77. The average Bonchev–Trinajstić information content (AvgIpc) is 2.55. The van der Waals surface area contributed by atoms with E-state index >= 15 is 0 Å². The zero-order valence-corrected chi connectivity index (χ0v) is 15.0. The van der Waals surface area contributed by atoms with Crippen molar-refractivity contribution in [2.24, 2.45) is 0 Å². The Labute approximate surface area is 154 Å². The smallest absolute Gasteiger partial charge is 0.279 e. The Morgan fingerprint density at radius 3 is 2.68 bits per heavy atom. The fraction of sp³-hybridized carbons (Fsp3) is 0.176. The Morgan fingerprint density at radius 2 is 2.00 bits per heavy atom. The van der Waals surface area contributed by atoms with Crippen LogP contribution in [0.3, 0.4) is 0 Å². The van der Waals surface area contributed by atoms with Gasteiger partial charge in [0.2, 0.25) is 5.43 Å². The number of pyridine rings is 1. The van der Waals surface area contributed by atoms with E-state index in [0.717, 1.165) is 5.56 Å². The lowest BCUT2D eigenvalue weighted by Gasteiger charge is -2.11. The van der Waals surface area contributed by atoms with Gasteiger partial charge in [-0.25, -0.2) is 0 Å². The van der Waals surface area contributed by atoms with E-state index < -0.39 is 16.7 Å². The number of hydrogen-bond donors (Lipinski definition) is 2. The third-order valence-electron chi connectivity index (χ3n) is 3.69. The summed E-state index contributed by atoms with van der Waals surface area (Å²) in [6.07, 6.45) is 4.74. The van der Waals surface area contributed by atoms with Crippen LogP contribution in [0.2, 0.25) is 5.02 Å². The average molecular weight is 382 g/mol. The van der Waals surface area contributed by atoms with Crippen LogP contribution in [0.5, 0.6) is 5.75 Å². The first-order chi connectivity index (χ1) is 11.5. The van der Waals surface area contributed by atoms with E-state index in [1.165, 1.54) is 15.2 Å². The molecule has 25 heavy (non-hydrogen) atoms. The fourth-order valence-electron chi connectivity index (χ4n) is 2.58. The highest BCUT2D eigenvalue weighted by Crippen LogP contribution is 2.15. The number of nitrogens with one attached hydrogen (secondary N) is 1. The number of benzene rings is 1. The van der Waals surface area contributed by atoms with E-state index in [2.05, 4.69) is 5.32 Å². The molecule has 8 heteroatoms. The van der Waals surface area contributed by atoms with Crippen LogP contribution in [0, 0.1) is 0 Å². The summed E-state index contributed by atoms with van der Waals surface area (Å²) in [6, 6.07) is 7.16. The largest absolute Gasteiger partial charge is 0.502 e. The van der Waals surface area contributed by atoms with Crippen molar-refractivity contribution in [1.82, 2.24) is 8.97 Å². The van der Waals surface area contributed by atoms with Crippen LogP contribution in [0.25, 0.3) is 5.52 Å². The van der Waals surface area contributed by atoms with Crippen LogP contribution in [-0.4, -0.2) is 20.6 Å². The van der Waals surface area contributed by atoms with Crippen molar-refractivity contribution in [3.8, 4) is 5.75 Å². The molecule has 0 fully saturated rings. The van der Waals surface area contributed by atoms with Gasteiger partial charge in [-0.2, -0.15) is 0 Å². The summed E-state index contributed by atoms with van der Waals surface area (Å²) in [7, 11) is 0. The van der Waals surface area contributed by atoms with Gasteiger partial charge in [-0.1, -0.05) is 23.7 Å². The van der Waals surface area contributed by atoms with E-state index in [1.54, 1.807) is 30.6 Å². The predicted octanol–water partition coefficient (Wildman–Crippen LogP) is 2.72. The normalized spacial score (nSPS) is 10.5. The van der Waals surface area contributed by atoms with Crippen LogP contribution in [0.1, 0.15) is 12.5 Å². The lowest BCUT2D eigenvalue weighted by molar-refractivity contribution is 0.472. The Morgan fingerprint density at radius 1 is 1.24 bits per heavy atom. The van der Waals surface area contributed by atoms with Crippen LogP contribution < -0.4 is 16.3 Å². The number of anilines is 1. The molecule has 0 spiro atoms. The monoisotopic (exact) mass is 381 g/mol. The first-order valence-corrected chi connectivity index (χ1v) is 7.84. The molecule has 0 aliphatic heterocycles. The van der Waals surface area contributed by atoms with E-state index in [0.29, 0.717) is 18.1 Å². The van der Waals surface area contributed by atoms with E-state index in [-0.39, 0.29) is 23.6 Å². The van der Waals surface area contributed by atoms with Gasteiger partial charge in [-0.3, -0.25) is 9.59 Å². The zero-order chi connectivity index (χ0) is 17.3. The summed E-state index contributed by atoms with van der Waals surface area (Å²) < 4.78 is 2.87. The molecule has 0 aliphatic carbocycles. The third kappa shape index (κ3) is 3.65. The standard InChI is InChI=1S/C17H16ClN3O3.ClH/c1-2-19-13-10-20-6-7-21(9-11-4-3-5-12(18)8-11)17(24)14(20)16(23)15(13)22;/h3-8,10,19,23H,2,9H2,1H3;1H. The summed E-state index contributed by atoms with van der Waals surface area (Å²) in [5, 5.41) is 13.6. The Hall–Kier alpha value is -2.44. The molecule has 0 atom stereocenters. The van der Waals surface area contributed by atoms with Crippen LogP contribution in [0.15, 0.2) is 52.4 Å². The van der Waals surface area contributed by atoms with E-state index in [4.69, 9.17) is 11.6 Å². The number of halogens is 2. The molecule has 0 saturated heterocycles. The second kappa shape index (κ2) is 7.63. The molecule has 0 bridgehead atoms. The molecule has 0 saturated carbocycles. The van der Waals surface area contributed by atoms with Crippen molar-refractivity contribution < 1.29 is 5.11 Å². The molecular weight excluding hydrogens is 365 g/mol. The second-order valence-electron chi connectivity index (χ2n) is 5.37. The van der Waals surface area contributed by atoms with Crippen LogP contribution in [0.4, 0.5) is 5.69 Å². The summed E-state index contributed by atoms with van der Waals surface area (Å²) in [5.74, 6) is -0.557. The van der Waals surface area contributed by atoms with Crippen molar-refractivity contribution in [3.05, 3.63) is 74.0 Å². The molecule has 2 aromatic heterocycles. The maximum Gasteiger partial charge on any atom is 0.279 e. The molecule has 3 rings (SSSR count). The van der Waals surface area contributed by atoms with Gasteiger partial charge in [-0.05, 0) is 24.6 Å². The van der Waals surface area contributed by atoms with Gasteiger partial charge in [0.15, 0.2) is 11.3 Å². The zero-order valence-electron chi connectivity index (χ0n) is 13.4. The lowest BCUT2D eigenvalue weighted by Crippen LogP contribution is -2.25. The van der Waals surface area contributed by atoms with Gasteiger partial charge in [0.25, 0.3) is 5.56 Å². The molecule has 132 valence electrons. The first kappa shape index (κ1) is 18.9. The SMILES string of the molecule is CCNc1cn2ccn(Cc3cccc(Cl)c3)c(=O)c2c(O)c1=O.Cl. The topological polar surface area (TPSA) is 75.7 Å². The molecular formula is C17H17Cl2N3O3. The summed E-state index contributed by atoms with van der Waals surface area (Å²) >= 11 is 5.96. The fourth-order valence-corrected chi connectivity index (χ4v) is 2.79. The minimum absolute atomic E-state index is 0. The number of nitrogens with zero attached hydrogens (tertiary/aromatic N) is 2. The maximum absolute atomic E-state index is 12.6. The highest BCUT2D eigenvalue weighted by Gasteiger charge is 2.14. The summed E-state index contributed by atoms with van der Waals surface area (Å²) in [5.41, 5.74) is 0.00954.